The van der Waals surface area contributed by atoms with Gasteiger partial charge in [0.2, 0.25) is 0 Å². The Bertz CT molecular complexity index is 169. The first-order valence-electron chi connectivity index (χ1n) is 4.18. The Hall–Kier alpha value is 0.0300. The second kappa shape index (κ2) is 12.0. The minimum atomic E-state index is 0.883. The second-order valence-electron chi connectivity index (χ2n) is 1.66. The molecule has 0 aliphatic heterocycles. The first-order chi connectivity index (χ1) is 6.29. The van der Waals surface area contributed by atoms with Gasteiger partial charge in [0.05, 0.1) is 0 Å². The SMILES string of the molecule is C=CN=C(CC)N(C=C)SI.CC. The standard InChI is InChI=1S/C7H11IN2S.C2H6/c1-4-7(9-5-2)10(6-3)11-8;1-2/h5-6H,2-4H2,1H3;1-2H3. The molecule has 0 unspecified atom stereocenters. The molecular weight excluding hydrogens is 295 g/mol. The Morgan fingerprint density at radius 2 is 2.08 bits per heavy atom. The van der Waals surface area contributed by atoms with E-state index in [4.69, 9.17) is 0 Å². The largest absolute Gasteiger partial charge is 0.271 e. The van der Waals surface area contributed by atoms with E-state index in [0.29, 0.717) is 0 Å². The van der Waals surface area contributed by atoms with E-state index in [1.807, 2.05) is 25.1 Å². The van der Waals surface area contributed by atoms with Crippen molar-refractivity contribution in [2.24, 2.45) is 4.99 Å². The molecule has 0 atom stereocenters. The topological polar surface area (TPSA) is 15.6 Å². The average molecular weight is 312 g/mol. The normalized spacial score (nSPS) is 9.69. The van der Waals surface area contributed by atoms with Crippen molar-refractivity contribution < 1.29 is 0 Å². The molecule has 0 bridgehead atoms. The van der Waals surface area contributed by atoms with Gasteiger partial charge in [-0.05, 0) is 0 Å². The van der Waals surface area contributed by atoms with Gasteiger partial charge in [0.1, 0.15) is 5.84 Å². The predicted octanol–water partition coefficient (Wildman–Crippen LogP) is 4.41. The van der Waals surface area contributed by atoms with Crippen LogP contribution in [0, 0.1) is 0 Å². The molecular formula is C9H17IN2S. The minimum Gasteiger partial charge on any atom is -0.271 e. The number of rotatable bonds is 4. The first-order valence-corrected chi connectivity index (χ1v) is 7.49. The molecule has 13 heavy (non-hydrogen) atoms. The van der Waals surface area contributed by atoms with Gasteiger partial charge < -0.3 is 0 Å². The van der Waals surface area contributed by atoms with Crippen molar-refractivity contribution in [3.8, 4) is 0 Å². The summed E-state index contributed by atoms with van der Waals surface area (Å²) in [5, 5.41) is 0. The van der Waals surface area contributed by atoms with Gasteiger partial charge in [-0.1, -0.05) is 33.9 Å². The van der Waals surface area contributed by atoms with Gasteiger partial charge in [-0.2, -0.15) is 0 Å². The molecule has 0 radical (unpaired) electrons. The molecule has 0 rings (SSSR count). The molecule has 0 heterocycles. The van der Waals surface area contributed by atoms with E-state index in [-0.39, 0.29) is 0 Å². The van der Waals surface area contributed by atoms with Crippen LogP contribution >= 0.6 is 30.3 Å². The van der Waals surface area contributed by atoms with Crippen LogP contribution in [0.2, 0.25) is 0 Å². The van der Waals surface area contributed by atoms with Crippen molar-refractivity contribution in [1.82, 2.24) is 4.31 Å². The van der Waals surface area contributed by atoms with Crippen LogP contribution in [0.4, 0.5) is 0 Å². The van der Waals surface area contributed by atoms with Crippen LogP contribution in [0.3, 0.4) is 0 Å². The molecule has 2 nitrogen and oxygen atoms in total. The van der Waals surface area contributed by atoms with E-state index in [1.165, 1.54) is 0 Å². The summed E-state index contributed by atoms with van der Waals surface area (Å²) >= 11 is 2.18. The molecule has 0 aromatic heterocycles. The van der Waals surface area contributed by atoms with Crippen LogP contribution in [-0.4, -0.2) is 10.1 Å². The lowest BCUT2D eigenvalue weighted by Gasteiger charge is -2.14. The third kappa shape index (κ3) is 7.13. The van der Waals surface area contributed by atoms with E-state index in [1.54, 1.807) is 21.5 Å². The zero-order valence-corrected chi connectivity index (χ0v) is 11.4. The van der Waals surface area contributed by atoms with Crippen molar-refractivity contribution in [3.63, 3.8) is 0 Å². The Kier molecular flexibility index (Phi) is 14.3. The minimum absolute atomic E-state index is 0.883. The molecule has 0 N–H and O–H groups in total. The van der Waals surface area contributed by atoms with E-state index >= 15 is 0 Å². The van der Waals surface area contributed by atoms with Crippen LogP contribution in [-0.2, 0) is 0 Å². The predicted molar refractivity (Wildman–Crippen MR) is 72.9 cm³/mol. The summed E-state index contributed by atoms with van der Waals surface area (Å²) < 4.78 is 1.90. The second-order valence-corrected chi connectivity index (χ2v) is 3.37. The van der Waals surface area contributed by atoms with Gasteiger partial charge in [0.15, 0.2) is 0 Å². The molecule has 0 aliphatic carbocycles. The summed E-state index contributed by atoms with van der Waals surface area (Å²) in [7, 11) is 1.55. The van der Waals surface area contributed by atoms with Gasteiger partial charge in [0, 0.05) is 49.1 Å². The quantitative estimate of drug-likeness (QED) is 0.331. The lowest BCUT2D eigenvalue weighted by molar-refractivity contribution is 0.898. The zero-order chi connectivity index (χ0) is 10.7. The highest BCUT2D eigenvalue weighted by molar-refractivity contribution is 14.2. The maximum absolute atomic E-state index is 4.09. The number of aliphatic imine (C=N–C) groups is 1. The van der Waals surface area contributed by atoms with Crippen LogP contribution in [0.25, 0.3) is 0 Å². The summed E-state index contributed by atoms with van der Waals surface area (Å²) in [6.45, 7) is 13.3. The first kappa shape index (κ1) is 15.5. The molecule has 0 saturated carbocycles. The summed E-state index contributed by atoms with van der Waals surface area (Å²) in [5.74, 6) is 0.967. The van der Waals surface area contributed by atoms with Crippen molar-refractivity contribution in [2.75, 3.05) is 0 Å². The summed E-state index contributed by atoms with van der Waals surface area (Å²) in [6.07, 6.45) is 4.17. The molecule has 0 spiro atoms. The zero-order valence-electron chi connectivity index (χ0n) is 8.46. The van der Waals surface area contributed by atoms with Gasteiger partial charge in [0.25, 0.3) is 0 Å². The molecule has 0 aromatic rings. The molecule has 0 aromatic carbocycles. The smallest absolute Gasteiger partial charge is 0.118 e. The van der Waals surface area contributed by atoms with E-state index in [0.717, 1.165) is 12.3 Å². The average Bonchev–Trinajstić information content (AvgIpc) is 2.21. The van der Waals surface area contributed by atoms with E-state index in [9.17, 15) is 0 Å². The highest BCUT2D eigenvalue weighted by Gasteiger charge is 2.02. The molecule has 0 aliphatic rings. The lowest BCUT2D eigenvalue weighted by Crippen LogP contribution is -2.15. The van der Waals surface area contributed by atoms with Crippen molar-refractivity contribution >= 4 is 36.2 Å². The Labute approximate surface area is 97.9 Å². The Balaban J connectivity index is 0. The number of nitrogens with zero attached hydrogens (tertiary/aromatic N) is 2. The fourth-order valence-electron chi connectivity index (χ4n) is 0.583. The number of hydrogen-bond donors (Lipinski definition) is 0. The van der Waals surface area contributed by atoms with Crippen LogP contribution in [0.5, 0.6) is 0 Å². The molecule has 76 valence electrons. The Morgan fingerprint density at radius 3 is 2.31 bits per heavy atom. The van der Waals surface area contributed by atoms with E-state index < -0.39 is 0 Å². The molecule has 0 fully saturated rings. The lowest BCUT2D eigenvalue weighted by atomic mass is 10.4. The monoisotopic (exact) mass is 312 g/mol. The van der Waals surface area contributed by atoms with Crippen molar-refractivity contribution in [2.45, 2.75) is 27.2 Å². The van der Waals surface area contributed by atoms with E-state index in [2.05, 4.69) is 39.4 Å². The molecule has 0 amide bonds. The summed E-state index contributed by atoms with van der Waals surface area (Å²) in [5.41, 5.74) is 0. The molecule has 4 heteroatoms. The van der Waals surface area contributed by atoms with Crippen LogP contribution in [0.15, 0.2) is 30.6 Å². The van der Waals surface area contributed by atoms with Crippen molar-refractivity contribution in [1.29, 1.82) is 0 Å². The van der Waals surface area contributed by atoms with Crippen LogP contribution in [0.1, 0.15) is 27.2 Å². The third-order valence-corrected chi connectivity index (χ3v) is 2.83. The fraction of sp³-hybridized carbons (Fsp3) is 0.444. The maximum atomic E-state index is 4.09. The molecule has 0 saturated heterocycles. The van der Waals surface area contributed by atoms with Gasteiger partial charge in [-0.3, -0.25) is 4.31 Å². The third-order valence-electron chi connectivity index (χ3n) is 1.05. The maximum Gasteiger partial charge on any atom is 0.118 e. The highest BCUT2D eigenvalue weighted by atomic mass is 127. The number of amidine groups is 1. The number of hydrogen-bond acceptors (Lipinski definition) is 2. The van der Waals surface area contributed by atoms with Gasteiger partial charge in [-0.25, -0.2) is 4.99 Å². The Morgan fingerprint density at radius 1 is 1.54 bits per heavy atom. The highest BCUT2D eigenvalue weighted by Crippen LogP contribution is 2.20. The van der Waals surface area contributed by atoms with Gasteiger partial charge in [-0.15, -0.1) is 0 Å². The van der Waals surface area contributed by atoms with Crippen molar-refractivity contribution in [3.05, 3.63) is 25.6 Å². The van der Waals surface area contributed by atoms with Gasteiger partial charge >= 0.3 is 0 Å². The summed E-state index contributed by atoms with van der Waals surface area (Å²) in [4.78, 5) is 4.09. The number of halogens is 1. The summed E-state index contributed by atoms with van der Waals surface area (Å²) in [6, 6.07) is 0. The fourth-order valence-corrected chi connectivity index (χ4v) is 2.06. The van der Waals surface area contributed by atoms with Crippen LogP contribution < -0.4 is 0 Å².